The van der Waals surface area contributed by atoms with Gasteiger partial charge in [0.05, 0.1) is 10.3 Å². The first-order valence-corrected chi connectivity index (χ1v) is 6.61. The third kappa shape index (κ3) is 2.17. The van der Waals surface area contributed by atoms with Gasteiger partial charge in [0.15, 0.2) is 0 Å². The van der Waals surface area contributed by atoms with E-state index in [-0.39, 0.29) is 11.2 Å². The molecular formula is C14H8N2O3S. The highest BCUT2D eigenvalue weighted by atomic mass is 32.1. The lowest BCUT2D eigenvalue weighted by Crippen LogP contribution is -2.05. The number of hydrogen-bond acceptors (Lipinski definition) is 5. The number of hydrogen-bond donors (Lipinski definition) is 0. The van der Waals surface area contributed by atoms with Gasteiger partial charge in [-0.05, 0) is 24.3 Å². The molecule has 0 saturated carbocycles. The summed E-state index contributed by atoms with van der Waals surface area (Å²) < 4.78 is 0.848. The molecule has 0 aliphatic carbocycles. The molecule has 1 aromatic heterocycles. The molecule has 0 saturated heterocycles. The van der Waals surface area contributed by atoms with Gasteiger partial charge in [0, 0.05) is 22.4 Å². The molecule has 0 atom stereocenters. The Bertz CT molecular complexity index is 856. The van der Waals surface area contributed by atoms with Crippen molar-refractivity contribution >= 4 is 27.1 Å². The summed E-state index contributed by atoms with van der Waals surface area (Å²) in [6.07, 6.45) is 0. The van der Waals surface area contributed by atoms with Crippen molar-refractivity contribution in [2.45, 2.75) is 0 Å². The summed E-state index contributed by atoms with van der Waals surface area (Å²) in [5, 5.41) is 11.8. The quantitative estimate of drug-likeness (QED) is 0.535. The maximum Gasteiger partial charge on any atom is 0.279 e. The van der Waals surface area contributed by atoms with Crippen LogP contribution in [0.25, 0.3) is 20.7 Å². The fourth-order valence-electron chi connectivity index (χ4n) is 1.86. The molecule has 6 heteroatoms. The third-order valence-corrected chi connectivity index (χ3v) is 3.95. The first kappa shape index (κ1) is 12.4. The van der Waals surface area contributed by atoms with E-state index in [1.807, 2.05) is 12.1 Å². The largest absolute Gasteiger partial charge is 0.279 e. The molecule has 0 aliphatic rings. The van der Waals surface area contributed by atoms with Gasteiger partial charge in [-0.15, -0.1) is 11.3 Å². The van der Waals surface area contributed by atoms with E-state index < -0.39 is 4.92 Å². The van der Waals surface area contributed by atoms with Crippen LogP contribution in [0.15, 0.2) is 53.3 Å². The molecule has 0 bridgehead atoms. The number of aromatic nitrogens is 1. The van der Waals surface area contributed by atoms with Crippen LogP contribution in [-0.4, -0.2) is 9.91 Å². The molecule has 3 rings (SSSR count). The van der Waals surface area contributed by atoms with Gasteiger partial charge in [-0.1, -0.05) is 12.1 Å². The second-order valence-corrected chi connectivity index (χ2v) is 5.15. The SMILES string of the molecule is O=c1nc(-c2ccc([N+](=O)[O-])cc2)sc2ccccc12. The van der Waals surface area contributed by atoms with E-state index >= 15 is 0 Å². The van der Waals surface area contributed by atoms with Crippen molar-refractivity contribution < 1.29 is 4.92 Å². The molecule has 0 aliphatic heterocycles. The van der Waals surface area contributed by atoms with Crippen molar-refractivity contribution in [1.82, 2.24) is 4.98 Å². The second-order valence-electron chi connectivity index (χ2n) is 4.12. The number of nitrogens with zero attached hydrogens (tertiary/aromatic N) is 2. The molecule has 0 fully saturated rings. The van der Waals surface area contributed by atoms with Crippen molar-refractivity contribution in [3.05, 3.63) is 69.0 Å². The predicted molar refractivity (Wildman–Crippen MR) is 78.0 cm³/mol. The number of nitro benzene ring substituents is 1. The summed E-state index contributed by atoms with van der Waals surface area (Å²) in [5.74, 6) is 0. The van der Waals surface area contributed by atoms with E-state index in [0.717, 1.165) is 4.70 Å². The van der Waals surface area contributed by atoms with Gasteiger partial charge in [-0.25, -0.2) is 0 Å². The van der Waals surface area contributed by atoms with Crippen molar-refractivity contribution in [3.8, 4) is 10.6 Å². The number of nitro groups is 1. The molecule has 0 spiro atoms. The summed E-state index contributed by atoms with van der Waals surface area (Å²) in [7, 11) is 0. The highest BCUT2D eigenvalue weighted by Crippen LogP contribution is 2.27. The zero-order valence-corrected chi connectivity index (χ0v) is 11.0. The number of fused-ring (bicyclic) bond motifs is 1. The molecule has 0 N–H and O–H groups in total. The zero-order chi connectivity index (χ0) is 14.1. The molecule has 1 heterocycles. The lowest BCUT2D eigenvalue weighted by molar-refractivity contribution is -0.384. The van der Waals surface area contributed by atoms with Gasteiger partial charge in [-0.2, -0.15) is 4.98 Å². The third-order valence-electron chi connectivity index (χ3n) is 2.85. The Balaban J connectivity index is 2.14. The molecule has 3 aromatic rings. The number of benzene rings is 2. The van der Waals surface area contributed by atoms with Crippen LogP contribution in [0.3, 0.4) is 0 Å². The Kier molecular flexibility index (Phi) is 3.00. The van der Waals surface area contributed by atoms with E-state index in [9.17, 15) is 14.9 Å². The minimum Gasteiger partial charge on any atom is -0.267 e. The molecule has 0 amide bonds. The van der Waals surface area contributed by atoms with Crippen molar-refractivity contribution in [2.75, 3.05) is 0 Å². The van der Waals surface area contributed by atoms with Crippen LogP contribution in [-0.2, 0) is 0 Å². The Morgan fingerprint density at radius 2 is 1.75 bits per heavy atom. The van der Waals surface area contributed by atoms with Crippen LogP contribution >= 0.6 is 11.3 Å². The molecule has 0 radical (unpaired) electrons. The summed E-state index contributed by atoms with van der Waals surface area (Å²) in [4.78, 5) is 26.1. The number of rotatable bonds is 2. The Labute approximate surface area is 117 Å². The van der Waals surface area contributed by atoms with Crippen molar-refractivity contribution in [2.24, 2.45) is 0 Å². The Morgan fingerprint density at radius 1 is 1.05 bits per heavy atom. The standard InChI is InChI=1S/C14H8N2O3S/c17-13-11-3-1-2-4-12(11)20-14(15-13)9-5-7-10(8-6-9)16(18)19/h1-8H. The topological polar surface area (TPSA) is 73.1 Å². The highest BCUT2D eigenvalue weighted by Gasteiger charge is 2.09. The minimum absolute atomic E-state index is 0.0156. The zero-order valence-electron chi connectivity index (χ0n) is 10.1. The van der Waals surface area contributed by atoms with Gasteiger partial charge in [-0.3, -0.25) is 14.9 Å². The fourth-order valence-corrected chi connectivity index (χ4v) is 2.86. The summed E-state index contributed by atoms with van der Waals surface area (Å²) in [6, 6.07) is 13.3. The minimum atomic E-state index is -0.458. The van der Waals surface area contributed by atoms with Gasteiger partial charge in [0.1, 0.15) is 5.01 Å². The van der Waals surface area contributed by atoms with Crippen molar-refractivity contribution in [1.29, 1.82) is 0 Å². The maximum atomic E-state index is 11.9. The van der Waals surface area contributed by atoms with Crippen LogP contribution in [0.5, 0.6) is 0 Å². The Morgan fingerprint density at radius 3 is 2.45 bits per heavy atom. The van der Waals surface area contributed by atoms with Gasteiger partial charge >= 0.3 is 0 Å². The van der Waals surface area contributed by atoms with Crippen molar-refractivity contribution in [3.63, 3.8) is 0 Å². The van der Waals surface area contributed by atoms with E-state index in [2.05, 4.69) is 4.98 Å². The average Bonchev–Trinajstić information content (AvgIpc) is 2.47. The molecule has 0 unspecified atom stereocenters. The highest BCUT2D eigenvalue weighted by molar-refractivity contribution is 7.21. The fraction of sp³-hybridized carbons (Fsp3) is 0. The van der Waals surface area contributed by atoms with Crippen LogP contribution in [0.4, 0.5) is 5.69 Å². The lowest BCUT2D eigenvalue weighted by atomic mass is 10.2. The molecule has 98 valence electrons. The monoisotopic (exact) mass is 284 g/mol. The first-order valence-electron chi connectivity index (χ1n) is 5.80. The van der Waals surface area contributed by atoms with Crippen LogP contribution in [0.1, 0.15) is 0 Å². The smallest absolute Gasteiger partial charge is 0.267 e. The van der Waals surface area contributed by atoms with E-state index in [4.69, 9.17) is 0 Å². The Hall–Kier alpha value is -2.60. The summed E-state index contributed by atoms with van der Waals surface area (Å²) in [6.45, 7) is 0. The van der Waals surface area contributed by atoms with Crippen LogP contribution in [0.2, 0.25) is 0 Å². The predicted octanol–water partition coefficient (Wildman–Crippen LogP) is 3.23. The van der Waals surface area contributed by atoms with E-state index in [0.29, 0.717) is 16.0 Å². The first-order chi connectivity index (χ1) is 9.65. The molecule has 2 aromatic carbocycles. The van der Waals surface area contributed by atoms with Gasteiger partial charge in [0.2, 0.25) is 0 Å². The number of non-ortho nitro benzene ring substituents is 1. The second kappa shape index (κ2) is 4.82. The molecule has 20 heavy (non-hydrogen) atoms. The normalized spacial score (nSPS) is 10.6. The summed E-state index contributed by atoms with van der Waals surface area (Å²) in [5.41, 5.74) is 0.429. The summed E-state index contributed by atoms with van der Waals surface area (Å²) >= 11 is 1.39. The average molecular weight is 284 g/mol. The maximum absolute atomic E-state index is 11.9. The molecular weight excluding hydrogens is 276 g/mol. The molecule has 5 nitrogen and oxygen atoms in total. The van der Waals surface area contributed by atoms with Gasteiger partial charge in [0.25, 0.3) is 11.2 Å². The van der Waals surface area contributed by atoms with E-state index in [1.165, 1.54) is 23.5 Å². The van der Waals surface area contributed by atoms with E-state index in [1.54, 1.807) is 24.3 Å². The van der Waals surface area contributed by atoms with Crippen LogP contribution < -0.4 is 5.56 Å². The van der Waals surface area contributed by atoms with Gasteiger partial charge < -0.3 is 0 Å². The van der Waals surface area contributed by atoms with Crippen LogP contribution in [0, 0.1) is 10.1 Å². The lowest BCUT2D eigenvalue weighted by Gasteiger charge is -2.01.